The van der Waals surface area contributed by atoms with E-state index in [9.17, 15) is 10.1 Å². The number of rotatable bonds is 4. The molecule has 1 aliphatic heterocycles. The second kappa shape index (κ2) is 6.33. The molecular formula is C18H22N2O3. The van der Waals surface area contributed by atoms with Gasteiger partial charge in [-0.25, -0.2) is 4.79 Å². The summed E-state index contributed by atoms with van der Waals surface area (Å²) in [6.45, 7) is 8.31. The minimum Gasteiger partial charge on any atom is -0.497 e. The number of hydrogen-bond acceptors (Lipinski definition) is 5. The molecule has 5 nitrogen and oxygen atoms in total. The molecule has 122 valence electrons. The molecule has 0 fully saturated rings. The van der Waals surface area contributed by atoms with Gasteiger partial charge in [-0.2, -0.15) is 5.26 Å². The summed E-state index contributed by atoms with van der Waals surface area (Å²) in [5.41, 5.74) is 1.95. The van der Waals surface area contributed by atoms with Gasteiger partial charge in [0.2, 0.25) is 0 Å². The molecule has 5 heteroatoms. The fourth-order valence-corrected chi connectivity index (χ4v) is 2.82. The Labute approximate surface area is 137 Å². The van der Waals surface area contributed by atoms with Crippen molar-refractivity contribution < 1.29 is 14.3 Å². The van der Waals surface area contributed by atoms with Crippen LogP contribution in [-0.2, 0) is 14.9 Å². The number of carbonyl (C=O) groups excluding carboxylic acids is 1. The van der Waals surface area contributed by atoms with Crippen molar-refractivity contribution in [2.45, 2.75) is 39.2 Å². The molecule has 1 heterocycles. The van der Waals surface area contributed by atoms with Gasteiger partial charge in [-0.15, -0.1) is 0 Å². The maximum atomic E-state index is 11.9. The van der Waals surface area contributed by atoms with Crippen LogP contribution < -0.4 is 9.64 Å². The number of nitrogens with zero attached hydrogens (tertiary/aromatic N) is 2. The van der Waals surface area contributed by atoms with Crippen molar-refractivity contribution in [2.24, 2.45) is 0 Å². The summed E-state index contributed by atoms with van der Waals surface area (Å²) in [6, 6.07) is 7.86. The molecule has 1 unspecified atom stereocenters. The number of nitriles is 1. The van der Waals surface area contributed by atoms with E-state index in [2.05, 4.69) is 20.8 Å². The first-order valence-corrected chi connectivity index (χ1v) is 7.62. The minimum atomic E-state index is -0.595. The van der Waals surface area contributed by atoms with Crippen LogP contribution in [0.1, 0.15) is 33.3 Å². The summed E-state index contributed by atoms with van der Waals surface area (Å²) < 4.78 is 10.3. The molecule has 0 saturated carbocycles. The second-order valence-corrected chi connectivity index (χ2v) is 6.06. The molecule has 0 amide bonds. The molecule has 1 atom stereocenters. The molecule has 23 heavy (non-hydrogen) atoms. The predicted octanol–water partition coefficient (Wildman–Crippen LogP) is 3.15. The highest BCUT2D eigenvalue weighted by Gasteiger charge is 2.41. The molecule has 0 spiro atoms. The number of hydrogen-bond donors (Lipinski definition) is 0. The maximum absolute atomic E-state index is 11.9. The zero-order valence-corrected chi connectivity index (χ0v) is 14.2. The van der Waals surface area contributed by atoms with E-state index in [0.29, 0.717) is 0 Å². The third-order valence-corrected chi connectivity index (χ3v) is 4.52. The van der Waals surface area contributed by atoms with Gasteiger partial charge in [0.15, 0.2) is 5.57 Å². The summed E-state index contributed by atoms with van der Waals surface area (Å²) in [6.07, 6.45) is 1.59. The number of ether oxygens (including phenoxy) is 2. The average molecular weight is 314 g/mol. The van der Waals surface area contributed by atoms with Gasteiger partial charge in [0, 0.05) is 23.3 Å². The number of anilines is 1. The summed E-state index contributed by atoms with van der Waals surface area (Å²) in [7, 11) is 1.64. The van der Waals surface area contributed by atoms with E-state index in [0.717, 1.165) is 17.0 Å². The Morgan fingerprint density at radius 1 is 1.48 bits per heavy atom. The van der Waals surface area contributed by atoms with Crippen molar-refractivity contribution in [1.29, 1.82) is 5.26 Å². The third-order valence-electron chi connectivity index (χ3n) is 4.52. The average Bonchev–Trinajstić information content (AvgIpc) is 2.72. The van der Waals surface area contributed by atoms with Crippen molar-refractivity contribution in [3.63, 3.8) is 0 Å². The summed E-state index contributed by atoms with van der Waals surface area (Å²) >= 11 is 0. The van der Waals surface area contributed by atoms with Crippen LogP contribution in [0.3, 0.4) is 0 Å². The van der Waals surface area contributed by atoms with Crippen molar-refractivity contribution in [3.05, 3.63) is 35.5 Å². The molecule has 0 saturated heterocycles. The lowest BCUT2D eigenvalue weighted by atomic mass is 9.81. The van der Waals surface area contributed by atoms with Gasteiger partial charge in [-0.05, 0) is 37.6 Å². The van der Waals surface area contributed by atoms with Crippen molar-refractivity contribution >= 4 is 11.7 Å². The Hall–Kier alpha value is -2.48. The van der Waals surface area contributed by atoms with E-state index in [-0.39, 0.29) is 23.6 Å². The molecule has 1 aliphatic rings. The number of methoxy groups -OCH3 is 1. The second-order valence-electron chi connectivity index (χ2n) is 6.06. The van der Waals surface area contributed by atoms with Gasteiger partial charge in [0.1, 0.15) is 11.8 Å². The maximum Gasteiger partial charge on any atom is 0.350 e. The van der Waals surface area contributed by atoms with Gasteiger partial charge in [-0.1, -0.05) is 13.8 Å². The van der Waals surface area contributed by atoms with E-state index >= 15 is 0 Å². The van der Waals surface area contributed by atoms with Crippen LogP contribution in [0.5, 0.6) is 5.75 Å². The van der Waals surface area contributed by atoms with Gasteiger partial charge < -0.3 is 14.4 Å². The van der Waals surface area contributed by atoms with Gasteiger partial charge in [0.25, 0.3) is 0 Å². The van der Waals surface area contributed by atoms with E-state index in [1.54, 1.807) is 20.2 Å². The lowest BCUT2D eigenvalue weighted by Gasteiger charge is -2.29. The molecule has 1 aromatic rings. The van der Waals surface area contributed by atoms with Gasteiger partial charge in [-0.3, -0.25) is 0 Å². The predicted molar refractivity (Wildman–Crippen MR) is 88.3 cm³/mol. The molecule has 0 aliphatic carbocycles. The lowest BCUT2D eigenvalue weighted by Crippen LogP contribution is -2.36. The Morgan fingerprint density at radius 3 is 2.74 bits per heavy atom. The number of fused-ring (bicyclic) bond motifs is 1. The van der Waals surface area contributed by atoms with Crippen molar-refractivity contribution in [2.75, 3.05) is 18.6 Å². The highest BCUT2D eigenvalue weighted by atomic mass is 16.5. The SMILES string of the molecule is CCOC(=O)/C(C#N)=C/N1c2ccc(OC)cc2C(C)(C)C1C. The smallest absolute Gasteiger partial charge is 0.350 e. The standard InChI is InChI=1S/C18H22N2O3/c1-6-23-17(21)13(10-19)11-20-12(2)18(3,4)15-9-14(22-5)7-8-16(15)20/h7-9,11-12H,6H2,1-5H3/b13-11+. The highest BCUT2D eigenvalue weighted by molar-refractivity contribution is 5.93. The number of carbonyl (C=O) groups is 1. The molecule has 0 bridgehead atoms. The number of benzene rings is 1. The molecule has 0 N–H and O–H groups in total. The van der Waals surface area contributed by atoms with Crippen molar-refractivity contribution in [3.8, 4) is 11.8 Å². The Morgan fingerprint density at radius 2 is 2.17 bits per heavy atom. The zero-order valence-electron chi connectivity index (χ0n) is 14.2. The largest absolute Gasteiger partial charge is 0.497 e. The van der Waals surface area contributed by atoms with E-state index < -0.39 is 5.97 Å². The Kier molecular flexibility index (Phi) is 4.65. The van der Waals surface area contributed by atoms with Crippen molar-refractivity contribution in [1.82, 2.24) is 0 Å². The van der Waals surface area contributed by atoms with Crippen LogP contribution in [-0.4, -0.2) is 25.7 Å². The van der Waals surface area contributed by atoms with Crippen LogP contribution in [0.25, 0.3) is 0 Å². The molecular weight excluding hydrogens is 292 g/mol. The lowest BCUT2D eigenvalue weighted by molar-refractivity contribution is -0.138. The number of esters is 1. The zero-order chi connectivity index (χ0) is 17.2. The molecule has 2 rings (SSSR count). The highest BCUT2D eigenvalue weighted by Crippen LogP contribution is 2.46. The quantitative estimate of drug-likeness (QED) is 0.485. The first-order valence-electron chi connectivity index (χ1n) is 7.62. The van der Waals surface area contributed by atoms with Crippen LogP contribution >= 0.6 is 0 Å². The molecule has 1 aromatic carbocycles. The third kappa shape index (κ3) is 2.89. The van der Waals surface area contributed by atoms with E-state index in [1.807, 2.05) is 29.2 Å². The van der Waals surface area contributed by atoms with Crippen LogP contribution in [0.15, 0.2) is 30.0 Å². The normalized spacial score (nSPS) is 19.0. The molecule has 0 aromatic heterocycles. The van der Waals surface area contributed by atoms with Gasteiger partial charge >= 0.3 is 5.97 Å². The van der Waals surface area contributed by atoms with Crippen LogP contribution in [0, 0.1) is 11.3 Å². The monoisotopic (exact) mass is 314 g/mol. The summed E-state index contributed by atoms with van der Waals surface area (Å²) in [5, 5.41) is 9.26. The fourth-order valence-electron chi connectivity index (χ4n) is 2.82. The minimum absolute atomic E-state index is 0.00170. The van der Waals surface area contributed by atoms with Crippen LogP contribution in [0.2, 0.25) is 0 Å². The first kappa shape index (κ1) is 16.9. The Bertz CT molecular complexity index is 686. The summed E-state index contributed by atoms with van der Waals surface area (Å²) in [4.78, 5) is 13.8. The summed E-state index contributed by atoms with van der Waals surface area (Å²) in [5.74, 6) is 0.197. The van der Waals surface area contributed by atoms with E-state index in [1.165, 1.54) is 0 Å². The van der Waals surface area contributed by atoms with Crippen LogP contribution in [0.4, 0.5) is 5.69 Å². The molecule has 0 radical (unpaired) electrons. The Balaban J connectivity index is 2.50. The first-order chi connectivity index (χ1) is 10.9. The van der Waals surface area contributed by atoms with E-state index in [4.69, 9.17) is 9.47 Å². The topological polar surface area (TPSA) is 62.6 Å². The van der Waals surface area contributed by atoms with Gasteiger partial charge in [0.05, 0.1) is 13.7 Å². The fraction of sp³-hybridized carbons (Fsp3) is 0.444.